The third-order valence-electron chi connectivity index (χ3n) is 6.91. The summed E-state index contributed by atoms with van der Waals surface area (Å²) in [5.41, 5.74) is 4.84. The molecule has 0 amide bonds. The minimum Gasteiger partial charge on any atom is -0.456 e. The lowest BCUT2D eigenvalue weighted by atomic mass is 9.96. The largest absolute Gasteiger partial charge is 0.456 e. The van der Waals surface area contributed by atoms with E-state index in [9.17, 15) is 0 Å². The van der Waals surface area contributed by atoms with Crippen molar-refractivity contribution in [1.29, 1.82) is 0 Å². The Bertz CT molecular complexity index is 1930. The van der Waals surface area contributed by atoms with Crippen LogP contribution in [0.15, 0.2) is 123 Å². The van der Waals surface area contributed by atoms with Gasteiger partial charge in [0.25, 0.3) is 0 Å². The highest BCUT2D eigenvalue weighted by Gasteiger charge is 2.20. The summed E-state index contributed by atoms with van der Waals surface area (Å²) in [6, 6.07) is 39.2. The van der Waals surface area contributed by atoms with Gasteiger partial charge in [-0.25, -0.2) is 0 Å². The van der Waals surface area contributed by atoms with E-state index < -0.39 is 0 Å². The smallest absolute Gasteiger partial charge is 0.135 e. The molecular formula is C32H18OS2. The standard InChI is InChI=1S/C32H18OS2/c1-2-11-27-23(8-1)32-22(10-5-13-30(32)34-27)26-16-15-25(33-26)20-14-17-28-24(18-20)21-9-3-6-19-7-4-12-29(35-28)31(19)21/h1-18H. The Morgan fingerprint density at radius 2 is 1.31 bits per heavy atom. The molecule has 0 N–H and O–H groups in total. The van der Waals surface area contributed by atoms with Crippen molar-refractivity contribution < 1.29 is 4.42 Å². The Hall–Kier alpha value is -3.79. The van der Waals surface area contributed by atoms with Gasteiger partial charge in [0.15, 0.2) is 0 Å². The molecule has 0 bridgehead atoms. The molecule has 2 aromatic heterocycles. The van der Waals surface area contributed by atoms with Crippen LogP contribution < -0.4 is 0 Å². The molecule has 0 radical (unpaired) electrons. The molecular weight excluding hydrogens is 464 g/mol. The molecule has 35 heavy (non-hydrogen) atoms. The maximum absolute atomic E-state index is 6.51. The number of rotatable bonds is 2. The molecule has 7 aromatic rings. The molecule has 1 aliphatic rings. The third kappa shape index (κ3) is 2.89. The fraction of sp³-hybridized carbons (Fsp3) is 0. The number of hydrogen-bond acceptors (Lipinski definition) is 3. The van der Waals surface area contributed by atoms with Crippen LogP contribution in [0.2, 0.25) is 0 Å². The molecule has 0 spiro atoms. The first-order chi connectivity index (χ1) is 17.3. The maximum Gasteiger partial charge on any atom is 0.135 e. The first kappa shape index (κ1) is 19.5. The van der Waals surface area contributed by atoms with Crippen molar-refractivity contribution in [2.24, 2.45) is 0 Å². The molecule has 3 heteroatoms. The van der Waals surface area contributed by atoms with E-state index in [0.29, 0.717) is 0 Å². The topological polar surface area (TPSA) is 13.1 Å². The van der Waals surface area contributed by atoms with Gasteiger partial charge in [-0.1, -0.05) is 78.5 Å². The number of thiophene rings is 1. The van der Waals surface area contributed by atoms with Crippen LogP contribution in [0.5, 0.6) is 0 Å². The maximum atomic E-state index is 6.51. The predicted octanol–water partition coefficient (Wildman–Crippen LogP) is 10.3. The Kier molecular flexibility index (Phi) is 4.10. The summed E-state index contributed by atoms with van der Waals surface area (Å²) < 4.78 is 9.11. The lowest BCUT2D eigenvalue weighted by molar-refractivity contribution is 0.598. The zero-order valence-corrected chi connectivity index (χ0v) is 20.3. The van der Waals surface area contributed by atoms with Gasteiger partial charge in [-0.3, -0.25) is 0 Å². The van der Waals surface area contributed by atoms with Crippen LogP contribution in [-0.4, -0.2) is 0 Å². The second-order valence-electron chi connectivity index (χ2n) is 8.91. The van der Waals surface area contributed by atoms with Crippen molar-refractivity contribution in [2.75, 3.05) is 0 Å². The molecule has 8 rings (SSSR count). The highest BCUT2D eigenvalue weighted by molar-refractivity contribution is 7.99. The predicted molar refractivity (Wildman–Crippen MR) is 150 cm³/mol. The molecule has 164 valence electrons. The fourth-order valence-electron chi connectivity index (χ4n) is 5.34. The first-order valence-electron chi connectivity index (χ1n) is 11.7. The Morgan fingerprint density at radius 1 is 0.514 bits per heavy atom. The van der Waals surface area contributed by atoms with Gasteiger partial charge >= 0.3 is 0 Å². The second kappa shape index (κ2) is 7.35. The lowest BCUT2D eigenvalue weighted by Gasteiger charge is -2.20. The summed E-state index contributed by atoms with van der Waals surface area (Å²) in [6.45, 7) is 0. The van der Waals surface area contributed by atoms with Crippen molar-refractivity contribution >= 4 is 54.0 Å². The number of hydrogen-bond donors (Lipinski definition) is 0. The van der Waals surface area contributed by atoms with Crippen LogP contribution in [0.4, 0.5) is 0 Å². The van der Waals surface area contributed by atoms with Crippen molar-refractivity contribution in [3.63, 3.8) is 0 Å². The van der Waals surface area contributed by atoms with Crippen LogP contribution >= 0.6 is 23.1 Å². The third-order valence-corrected chi connectivity index (χ3v) is 9.19. The van der Waals surface area contributed by atoms with Gasteiger partial charge in [-0.05, 0) is 59.0 Å². The van der Waals surface area contributed by atoms with Crippen LogP contribution in [0.3, 0.4) is 0 Å². The van der Waals surface area contributed by atoms with Crippen molar-refractivity contribution in [3.8, 4) is 33.8 Å². The molecule has 0 aliphatic carbocycles. The van der Waals surface area contributed by atoms with Crippen LogP contribution in [0, 0.1) is 0 Å². The van der Waals surface area contributed by atoms with E-state index in [0.717, 1.165) is 22.6 Å². The van der Waals surface area contributed by atoms with E-state index in [4.69, 9.17) is 4.42 Å². The molecule has 1 nitrogen and oxygen atoms in total. The average molecular weight is 483 g/mol. The zero-order chi connectivity index (χ0) is 22.9. The summed E-state index contributed by atoms with van der Waals surface area (Å²) in [5, 5.41) is 5.21. The van der Waals surface area contributed by atoms with Crippen LogP contribution in [-0.2, 0) is 0 Å². The molecule has 0 unspecified atom stereocenters. The van der Waals surface area contributed by atoms with Crippen LogP contribution in [0.25, 0.3) is 64.7 Å². The Morgan fingerprint density at radius 3 is 2.29 bits per heavy atom. The van der Waals surface area contributed by atoms with Crippen molar-refractivity contribution in [2.45, 2.75) is 9.79 Å². The summed E-state index contributed by atoms with van der Waals surface area (Å²) >= 11 is 3.69. The quantitative estimate of drug-likeness (QED) is 0.243. The summed E-state index contributed by atoms with van der Waals surface area (Å²) in [4.78, 5) is 2.62. The van der Waals surface area contributed by atoms with E-state index in [1.54, 1.807) is 0 Å². The summed E-state index contributed by atoms with van der Waals surface area (Å²) in [7, 11) is 0. The van der Waals surface area contributed by atoms with Gasteiger partial charge in [0, 0.05) is 46.5 Å². The Balaban J connectivity index is 1.27. The van der Waals surface area contributed by atoms with E-state index in [2.05, 4.69) is 109 Å². The van der Waals surface area contributed by atoms with E-state index in [1.807, 2.05) is 23.1 Å². The van der Waals surface area contributed by atoms with Gasteiger partial charge in [0.2, 0.25) is 0 Å². The fourth-order valence-corrected chi connectivity index (χ4v) is 7.60. The molecule has 5 aromatic carbocycles. The highest BCUT2D eigenvalue weighted by Crippen LogP contribution is 2.49. The van der Waals surface area contributed by atoms with E-state index in [1.165, 1.54) is 51.9 Å². The SMILES string of the molecule is c1cc2c3c(cccc3c1)-c1cc(-c3ccc(-c4cccc5sc6ccccc6c45)o3)ccc1S2. The van der Waals surface area contributed by atoms with Gasteiger partial charge in [0.1, 0.15) is 11.5 Å². The van der Waals surface area contributed by atoms with Crippen molar-refractivity contribution in [1.82, 2.24) is 0 Å². The van der Waals surface area contributed by atoms with Gasteiger partial charge in [0.05, 0.1) is 0 Å². The molecule has 1 aliphatic heterocycles. The summed E-state index contributed by atoms with van der Waals surface area (Å²) in [5.74, 6) is 1.81. The minimum absolute atomic E-state index is 0.898. The first-order valence-corrected chi connectivity index (χ1v) is 13.3. The number of furan rings is 1. The van der Waals surface area contributed by atoms with Gasteiger partial charge < -0.3 is 4.42 Å². The summed E-state index contributed by atoms with van der Waals surface area (Å²) in [6.07, 6.45) is 0. The molecule has 0 saturated heterocycles. The van der Waals surface area contributed by atoms with Crippen molar-refractivity contribution in [3.05, 3.63) is 109 Å². The van der Waals surface area contributed by atoms with E-state index >= 15 is 0 Å². The van der Waals surface area contributed by atoms with Crippen LogP contribution in [0.1, 0.15) is 0 Å². The van der Waals surface area contributed by atoms with Gasteiger partial charge in [-0.2, -0.15) is 0 Å². The van der Waals surface area contributed by atoms with E-state index in [-0.39, 0.29) is 0 Å². The van der Waals surface area contributed by atoms with Gasteiger partial charge in [-0.15, -0.1) is 11.3 Å². The second-order valence-corrected chi connectivity index (χ2v) is 11.1. The lowest BCUT2D eigenvalue weighted by Crippen LogP contribution is -1.93. The molecule has 0 atom stereocenters. The molecule has 0 fully saturated rings. The number of benzene rings is 5. The monoisotopic (exact) mass is 482 g/mol. The average Bonchev–Trinajstić information content (AvgIpc) is 3.54. The number of fused-ring (bicyclic) bond motifs is 5. The normalized spacial score (nSPS) is 12.5. The minimum atomic E-state index is 0.898. The molecule has 0 saturated carbocycles. The zero-order valence-electron chi connectivity index (χ0n) is 18.6. The molecule has 3 heterocycles. The highest BCUT2D eigenvalue weighted by atomic mass is 32.2. The Labute approximate surface area is 210 Å².